The van der Waals surface area contributed by atoms with E-state index in [1.807, 2.05) is 60.7 Å². The van der Waals surface area contributed by atoms with E-state index in [1.165, 1.54) is 6.07 Å². The highest BCUT2D eigenvalue weighted by Gasteiger charge is 2.46. The molecule has 2 N–H and O–H groups in total. The van der Waals surface area contributed by atoms with Crippen LogP contribution in [0.25, 0.3) is 0 Å². The zero-order valence-corrected chi connectivity index (χ0v) is 13.4. The van der Waals surface area contributed by atoms with Crippen molar-refractivity contribution in [2.45, 2.75) is 18.3 Å². The first-order valence-electron chi connectivity index (χ1n) is 8.16. The van der Waals surface area contributed by atoms with Crippen LogP contribution in [-0.2, 0) is 4.74 Å². The minimum atomic E-state index is -0.804. The second-order valence-electron chi connectivity index (χ2n) is 6.02. The van der Waals surface area contributed by atoms with E-state index in [0.29, 0.717) is 17.1 Å². The van der Waals surface area contributed by atoms with Crippen molar-refractivity contribution >= 4 is 0 Å². The van der Waals surface area contributed by atoms with Gasteiger partial charge in [-0.05, 0) is 35.4 Å². The number of phenols is 1. The van der Waals surface area contributed by atoms with E-state index >= 15 is 0 Å². The van der Waals surface area contributed by atoms with E-state index in [4.69, 9.17) is 9.47 Å². The van der Waals surface area contributed by atoms with Crippen molar-refractivity contribution in [1.82, 2.24) is 0 Å². The van der Waals surface area contributed by atoms with Crippen LogP contribution in [-0.4, -0.2) is 16.3 Å². The fourth-order valence-corrected chi connectivity index (χ4v) is 2.88. The summed E-state index contributed by atoms with van der Waals surface area (Å²) in [5.41, 5.74) is 1.64. The Kier molecular flexibility index (Phi) is 4.14. The fourth-order valence-electron chi connectivity index (χ4n) is 2.88. The van der Waals surface area contributed by atoms with Crippen LogP contribution in [0.2, 0.25) is 0 Å². The third-order valence-electron chi connectivity index (χ3n) is 4.26. The zero-order valence-electron chi connectivity index (χ0n) is 13.4. The average molecular weight is 334 g/mol. The van der Waals surface area contributed by atoms with Gasteiger partial charge in [-0.15, -0.1) is 0 Å². The molecular weight excluding hydrogens is 316 g/mol. The summed E-state index contributed by atoms with van der Waals surface area (Å²) >= 11 is 0. The standard InChI is InChI=1S/C21H18O4/c22-17-13-15(11-12-18(17)24-16-9-5-2-6-10-16)19(23)21-20(25-21)14-7-3-1-4-8-14/h1-13,19-23H. The Labute approximate surface area is 145 Å². The Hall–Kier alpha value is -2.82. The number of rotatable bonds is 5. The SMILES string of the molecule is Oc1cc(C(O)C2OC2c2ccccc2)ccc1Oc1ccccc1. The highest BCUT2D eigenvalue weighted by atomic mass is 16.6. The van der Waals surface area contributed by atoms with Crippen LogP contribution in [0.1, 0.15) is 23.3 Å². The van der Waals surface area contributed by atoms with Gasteiger partial charge >= 0.3 is 0 Å². The molecule has 0 radical (unpaired) electrons. The van der Waals surface area contributed by atoms with Gasteiger partial charge < -0.3 is 19.7 Å². The van der Waals surface area contributed by atoms with Crippen molar-refractivity contribution in [3.8, 4) is 17.2 Å². The maximum Gasteiger partial charge on any atom is 0.169 e. The third kappa shape index (κ3) is 3.36. The molecule has 1 aliphatic heterocycles. The fraction of sp³-hybridized carbons (Fsp3) is 0.143. The van der Waals surface area contributed by atoms with Crippen LogP contribution in [0.15, 0.2) is 78.9 Å². The van der Waals surface area contributed by atoms with Gasteiger partial charge in [0, 0.05) is 0 Å². The summed E-state index contributed by atoms with van der Waals surface area (Å²) in [6.07, 6.45) is -1.22. The monoisotopic (exact) mass is 334 g/mol. The first kappa shape index (κ1) is 15.7. The summed E-state index contributed by atoms with van der Waals surface area (Å²) in [6.45, 7) is 0. The number of epoxide rings is 1. The van der Waals surface area contributed by atoms with E-state index in [1.54, 1.807) is 12.1 Å². The smallest absolute Gasteiger partial charge is 0.169 e. The lowest BCUT2D eigenvalue weighted by Gasteiger charge is -2.12. The summed E-state index contributed by atoms with van der Waals surface area (Å²) in [6, 6.07) is 23.9. The Morgan fingerprint density at radius 1 is 0.880 bits per heavy atom. The van der Waals surface area contributed by atoms with Crippen LogP contribution >= 0.6 is 0 Å². The molecule has 0 aliphatic carbocycles. The lowest BCUT2D eigenvalue weighted by Crippen LogP contribution is -2.06. The molecule has 1 fully saturated rings. The normalized spacial score (nSPS) is 20.0. The molecule has 0 aromatic heterocycles. The molecule has 3 unspecified atom stereocenters. The van der Waals surface area contributed by atoms with Gasteiger partial charge in [0.2, 0.25) is 0 Å². The molecule has 0 amide bonds. The van der Waals surface area contributed by atoms with Gasteiger partial charge in [-0.3, -0.25) is 0 Å². The van der Waals surface area contributed by atoms with Crippen LogP contribution in [0.5, 0.6) is 17.2 Å². The quantitative estimate of drug-likeness (QED) is 0.681. The number of aliphatic hydroxyl groups is 1. The van der Waals surface area contributed by atoms with Gasteiger partial charge in [0.25, 0.3) is 0 Å². The topological polar surface area (TPSA) is 62.2 Å². The van der Waals surface area contributed by atoms with Crippen molar-refractivity contribution in [1.29, 1.82) is 0 Å². The summed E-state index contributed by atoms with van der Waals surface area (Å²) in [5.74, 6) is 0.969. The summed E-state index contributed by atoms with van der Waals surface area (Å²) in [4.78, 5) is 0. The Morgan fingerprint density at radius 2 is 1.56 bits per heavy atom. The molecule has 1 aliphatic rings. The number of hydrogen-bond acceptors (Lipinski definition) is 4. The van der Waals surface area contributed by atoms with E-state index < -0.39 is 6.10 Å². The predicted octanol–water partition coefficient (Wildman–Crippen LogP) is 4.36. The molecule has 1 heterocycles. The molecule has 25 heavy (non-hydrogen) atoms. The molecule has 0 saturated carbocycles. The van der Waals surface area contributed by atoms with Gasteiger partial charge in [0.15, 0.2) is 11.5 Å². The summed E-state index contributed by atoms with van der Waals surface area (Å²) in [7, 11) is 0. The minimum absolute atomic E-state index is 0.0164. The number of aromatic hydroxyl groups is 1. The highest BCUT2D eigenvalue weighted by molar-refractivity contribution is 5.45. The van der Waals surface area contributed by atoms with Crippen molar-refractivity contribution in [2.75, 3.05) is 0 Å². The maximum absolute atomic E-state index is 10.5. The van der Waals surface area contributed by atoms with Crippen molar-refractivity contribution in [3.05, 3.63) is 90.0 Å². The number of aliphatic hydroxyl groups excluding tert-OH is 1. The highest BCUT2D eigenvalue weighted by Crippen LogP contribution is 2.46. The molecule has 1 saturated heterocycles. The molecule has 4 rings (SSSR count). The molecule has 126 valence electrons. The Morgan fingerprint density at radius 3 is 2.24 bits per heavy atom. The Balaban J connectivity index is 1.47. The third-order valence-corrected chi connectivity index (χ3v) is 4.26. The molecule has 0 spiro atoms. The summed E-state index contributed by atoms with van der Waals surface area (Å²) in [5, 5.41) is 20.7. The van der Waals surface area contributed by atoms with Crippen LogP contribution in [0.4, 0.5) is 0 Å². The Bertz CT molecular complexity index is 848. The summed E-state index contributed by atoms with van der Waals surface area (Å²) < 4.78 is 11.3. The molecular formula is C21H18O4. The minimum Gasteiger partial charge on any atom is -0.504 e. The van der Waals surface area contributed by atoms with Gasteiger partial charge in [-0.1, -0.05) is 54.6 Å². The van der Waals surface area contributed by atoms with E-state index in [2.05, 4.69) is 0 Å². The maximum atomic E-state index is 10.5. The molecule has 4 heteroatoms. The van der Waals surface area contributed by atoms with Crippen LogP contribution in [0.3, 0.4) is 0 Å². The zero-order chi connectivity index (χ0) is 17.2. The second kappa shape index (κ2) is 6.59. The lowest BCUT2D eigenvalue weighted by molar-refractivity contribution is 0.136. The van der Waals surface area contributed by atoms with Gasteiger partial charge in [-0.25, -0.2) is 0 Å². The number of ether oxygens (including phenoxy) is 2. The van der Waals surface area contributed by atoms with Gasteiger partial charge in [0.1, 0.15) is 24.1 Å². The first-order valence-corrected chi connectivity index (χ1v) is 8.16. The van der Waals surface area contributed by atoms with Crippen molar-refractivity contribution in [3.63, 3.8) is 0 Å². The predicted molar refractivity (Wildman–Crippen MR) is 93.6 cm³/mol. The molecule has 0 bridgehead atoms. The molecule has 4 nitrogen and oxygen atoms in total. The average Bonchev–Trinajstić information content (AvgIpc) is 3.45. The van der Waals surface area contributed by atoms with Crippen molar-refractivity contribution in [2.24, 2.45) is 0 Å². The molecule has 3 aromatic rings. The van der Waals surface area contributed by atoms with Crippen LogP contribution < -0.4 is 4.74 Å². The van der Waals surface area contributed by atoms with Gasteiger partial charge in [0.05, 0.1) is 0 Å². The number of benzene rings is 3. The number of phenolic OH excluding ortho intramolecular Hbond substituents is 1. The van der Waals surface area contributed by atoms with E-state index in [-0.39, 0.29) is 18.0 Å². The number of hydrogen-bond donors (Lipinski definition) is 2. The van der Waals surface area contributed by atoms with E-state index in [9.17, 15) is 10.2 Å². The first-order chi connectivity index (χ1) is 12.2. The van der Waals surface area contributed by atoms with Crippen LogP contribution in [0, 0.1) is 0 Å². The van der Waals surface area contributed by atoms with Crippen molar-refractivity contribution < 1.29 is 19.7 Å². The molecule has 3 aromatic carbocycles. The second-order valence-corrected chi connectivity index (χ2v) is 6.02. The molecule has 3 atom stereocenters. The largest absolute Gasteiger partial charge is 0.504 e. The van der Waals surface area contributed by atoms with Gasteiger partial charge in [-0.2, -0.15) is 0 Å². The lowest BCUT2D eigenvalue weighted by atomic mass is 10.0. The van der Waals surface area contributed by atoms with E-state index in [0.717, 1.165) is 5.56 Å². The number of para-hydroxylation sites is 1.